The standard InChI is InChI=1S/C15H18ClNO4/c16-11-2-4-12(5-3-11)21-9-13(18)17-10-15(6-1-7-15)8-14(19)20/h2-5H,1,6-10H2,(H,17,18)(H,19,20). The van der Waals surface area contributed by atoms with Gasteiger partial charge in [0.1, 0.15) is 5.75 Å². The Kier molecular flexibility index (Phi) is 5.07. The summed E-state index contributed by atoms with van der Waals surface area (Å²) < 4.78 is 5.33. The monoisotopic (exact) mass is 311 g/mol. The van der Waals surface area contributed by atoms with Gasteiger partial charge in [0.2, 0.25) is 0 Å². The minimum atomic E-state index is -0.818. The largest absolute Gasteiger partial charge is 0.484 e. The van der Waals surface area contributed by atoms with Gasteiger partial charge in [0.25, 0.3) is 5.91 Å². The van der Waals surface area contributed by atoms with E-state index in [0.717, 1.165) is 19.3 Å². The maximum atomic E-state index is 11.7. The predicted octanol–water partition coefficient (Wildman–Crippen LogP) is 2.48. The van der Waals surface area contributed by atoms with Crippen LogP contribution in [-0.4, -0.2) is 30.1 Å². The Labute approximate surface area is 128 Å². The van der Waals surface area contributed by atoms with Gasteiger partial charge in [-0.25, -0.2) is 0 Å². The van der Waals surface area contributed by atoms with Gasteiger partial charge in [-0.05, 0) is 42.5 Å². The van der Waals surface area contributed by atoms with E-state index in [1.807, 2.05) is 0 Å². The number of halogens is 1. The summed E-state index contributed by atoms with van der Waals surface area (Å²) in [7, 11) is 0. The number of ether oxygens (including phenoxy) is 1. The van der Waals surface area contributed by atoms with Crippen LogP contribution in [0.4, 0.5) is 0 Å². The Hall–Kier alpha value is -1.75. The second-order valence-corrected chi connectivity index (χ2v) is 5.88. The van der Waals surface area contributed by atoms with Crippen LogP contribution in [0.3, 0.4) is 0 Å². The first-order valence-electron chi connectivity index (χ1n) is 6.86. The van der Waals surface area contributed by atoms with Crippen molar-refractivity contribution in [2.45, 2.75) is 25.7 Å². The van der Waals surface area contributed by atoms with Crippen LogP contribution in [0.15, 0.2) is 24.3 Å². The second-order valence-electron chi connectivity index (χ2n) is 5.44. The summed E-state index contributed by atoms with van der Waals surface area (Å²) in [5.41, 5.74) is -0.276. The highest BCUT2D eigenvalue weighted by Crippen LogP contribution is 2.43. The number of carboxylic acid groups (broad SMARTS) is 1. The van der Waals surface area contributed by atoms with Crippen LogP contribution in [0.2, 0.25) is 5.02 Å². The average Bonchev–Trinajstić information content (AvgIpc) is 2.40. The van der Waals surface area contributed by atoms with Crippen molar-refractivity contribution in [1.82, 2.24) is 5.32 Å². The lowest BCUT2D eigenvalue weighted by Gasteiger charge is -2.40. The van der Waals surface area contributed by atoms with E-state index in [1.54, 1.807) is 24.3 Å². The zero-order valence-corrected chi connectivity index (χ0v) is 12.4. The van der Waals surface area contributed by atoms with E-state index in [9.17, 15) is 9.59 Å². The summed E-state index contributed by atoms with van der Waals surface area (Å²) in [6.07, 6.45) is 2.81. The van der Waals surface area contributed by atoms with Crippen molar-refractivity contribution in [1.29, 1.82) is 0 Å². The molecule has 2 N–H and O–H groups in total. The molecule has 1 aromatic carbocycles. The highest BCUT2D eigenvalue weighted by Gasteiger charge is 2.39. The van der Waals surface area contributed by atoms with Gasteiger partial charge in [0.05, 0.1) is 6.42 Å². The normalized spacial score (nSPS) is 15.9. The van der Waals surface area contributed by atoms with E-state index < -0.39 is 5.97 Å². The SMILES string of the molecule is O=C(O)CC1(CNC(=O)COc2ccc(Cl)cc2)CCC1. The smallest absolute Gasteiger partial charge is 0.303 e. The van der Waals surface area contributed by atoms with Crippen molar-refractivity contribution in [3.8, 4) is 5.75 Å². The van der Waals surface area contributed by atoms with Crippen molar-refractivity contribution in [3.63, 3.8) is 0 Å². The molecule has 1 aromatic rings. The fourth-order valence-corrected chi connectivity index (χ4v) is 2.56. The number of carbonyl (C=O) groups excluding carboxylic acids is 1. The van der Waals surface area contributed by atoms with Crippen LogP contribution in [0.5, 0.6) is 5.75 Å². The molecule has 2 rings (SSSR count). The molecule has 0 aliphatic heterocycles. The zero-order valence-electron chi connectivity index (χ0n) is 11.6. The first kappa shape index (κ1) is 15.6. The van der Waals surface area contributed by atoms with Gasteiger partial charge in [0.15, 0.2) is 6.61 Å². The van der Waals surface area contributed by atoms with Crippen molar-refractivity contribution in [2.75, 3.05) is 13.2 Å². The van der Waals surface area contributed by atoms with Crippen LogP contribution in [0, 0.1) is 5.41 Å². The van der Waals surface area contributed by atoms with E-state index in [1.165, 1.54) is 0 Å². The Bertz CT molecular complexity index is 511. The molecule has 0 spiro atoms. The van der Waals surface area contributed by atoms with E-state index in [4.69, 9.17) is 21.4 Å². The molecule has 6 heteroatoms. The van der Waals surface area contributed by atoms with Crippen molar-refractivity contribution in [3.05, 3.63) is 29.3 Å². The molecule has 114 valence electrons. The first-order chi connectivity index (χ1) is 9.99. The molecular weight excluding hydrogens is 294 g/mol. The van der Waals surface area contributed by atoms with E-state index >= 15 is 0 Å². The van der Waals surface area contributed by atoms with Gasteiger partial charge in [-0.2, -0.15) is 0 Å². The van der Waals surface area contributed by atoms with Gasteiger partial charge < -0.3 is 15.2 Å². The maximum absolute atomic E-state index is 11.7. The van der Waals surface area contributed by atoms with Crippen LogP contribution < -0.4 is 10.1 Å². The number of benzene rings is 1. The minimum absolute atomic E-state index is 0.0925. The third-order valence-electron chi connectivity index (χ3n) is 3.78. The van der Waals surface area contributed by atoms with Crippen LogP contribution in [-0.2, 0) is 9.59 Å². The molecule has 21 heavy (non-hydrogen) atoms. The van der Waals surface area contributed by atoms with Crippen LogP contribution >= 0.6 is 11.6 Å². The Morgan fingerprint density at radius 1 is 1.29 bits per heavy atom. The van der Waals surface area contributed by atoms with Crippen LogP contribution in [0.25, 0.3) is 0 Å². The average molecular weight is 312 g/mol. The lowest BCUT2D eigenvalue weighted by Crippen LogP contribution is -2.44. The number of hydrogen-bond donors (Lipinski definition) is 2. The summed E-state index contributed by atoms with van der Waals surface area (Å²) >= 11 is 5.76. The summed E-state index contributed by atoms with van der Waals surface area (Å²) in [5, 5.41) is 12.3. The molecule has 1 aliphatic carbocycles. The lowest BCUT2D eigenvalue weighted by atomic mass is 9.66. The van der Waals surface area contributed by atoms with Gasteiger partial charge in [-0.15, -0.1) is 0 Å². The summed E-state index contributed by atoms with van der Waals surface area (Å²) in [6.45, 7) is 0.299. The molecule has 5 nitrogen and oxygen atoms in total. The molecule has 0 aromatic heterocycles. The van der Waals surface area contributed by atoms with Gasteiger partial charge >= 0.3 is 5.97 Å². The van der Waals surface area contributed by atoms with E-state index in [-0.39, 0.29) is 24.3 Å². The molecule has 1 aliphatic rings. The van der Waals surface area contributed by atoms with Crippen LogP contribution in [0.1, 0.15) is 25.7 Å². The molecule has 0 radical (unpaired) electrons. The van der Waals surface area contributed by atoms with Crippen molar-refractivity contribution >= 4 is 23.5 Å². The van der Waals surface area contributed by atoms with Gasteiger partial charge in [-0.3, -0.25) is 9.59 Å². The predicted molar refractivity (Wildman–Crippen MR) is 78.5 cm³/mol. The molecule has 1 amide bonds. The fourth-order valence-electron chi connectivity index (χ4n) is 2.43. The number of amides is 1. The van der Waals surface area contributed by atoms with Gasteiger partial charge in [0, 0.05) is 11.6 Å². The number of aliphatic carboxylic acids is 1. The molecule has 0 unspecified atom stereocenters. The number of rotatable bonds is 7. The van der Waals surface area contributed by atoms with Crippen molar-refractivity contribution < 1.29 is 19.4 Å². The summed E-state index contributed by atoms with van der Waals surface area (Å²) in [4.78, 5) is 22.6. The number of carboxylic acids is 1. The third-order valence-corrected chi connectivity index (χ3v) is 4.04. The third kappa shape index (κ3) is 4.63. The number of hydrogen-bond acceptors (Lipinski definition) is 3. The highest BCUT2D eigenvalue weighted by molar-refractivity contribution is 6.30. The fraction of sp³-hybridized carbons (Fsp3) is 0.467. The number of nitrogens with one attached hydrogen (secondary N) is 1. The first-order valence-corrected chi connectivity index (χ1v) is 7.24. The number of carbonyl (C=O) groups is 2. The molecule has 1 saturated carbocycles. The van der Waals surface area contributed by atoms with Gasteiger partial charge in [-0.1, -0.05) is 18.0 Å². The molecule has 0 heterocycles. The molecule has 0 atom stereocenters. The molecular formula is C15H18ClNO4. The van der Waals surface area contributed by atoms with E-state index in [0.29, 0.717) is 17.3 Å². The van der Waals surface area contributed by atoms with E-state index in [2.05, 4.69) is 5.32 Å². The topological polar surface area (TPSA) is 75.6 Å². The molecule has 0 saturated heterocycles. The summed E-state index contributed by atoms with van der Waals surface area (Å²) in [5.74, 6) is -0.499. The van der Waals surface area contributed by atoms with Crippen molar-refractivity contribution in [2.24, 2.45) is 5.41 Å². The molecule has 1 fully saturated rings. The Morgan fingerprint density at radius 2 is 1.95 bits per heavy atom. The Morgan fingerprint density at radius 3 is 2.48 bits per heavy atom. The Balaban J connectivity index is 1.74. The quantitative estimate of drug-likeness (QED) is 0.811. The highest BCUT2D eigenvalue weighted by atomic mass is 35.5. The molecule has 0 bridgehead atoms. The zero-order chi connectivity index (χ0) is 15.3. The second kappa shape index (κ2) is 6.80. The lowest BCUT2D eigenvalue weighted by molar-refractivity contribution is -0.142. The maximum Gasteiger partial charge on any atom is 0.303 e. The summed E-state index contributed by atoms with van der Waals surface area (Å²) in [6, 6.07) is 6.75. The minimum Gasteiger partial charge on any atom is -0.484 e.